The van der Waals surface area contributed by atoms with Gasteiger partial charge < -0.3 is 10.6 Å². The van der Waals surface area contributed by atoms with Crippen LogP contribution in [-0.2, 0) is 6.54 Å². The molecule has 2 heterocycles. The van der Waals surface area contributed by atoms with Crippen molar-refractivity contribution in [2.45, 2.75) is 19.9 Å². The number of nitrogens with zero attached hydrogens (tertiary/aromatic N) is 4. The average molecular weight is 288 g/mol. The number of anilines is 2. The summed E-state index contributed by atoms with van der Waals surface area (Å²) < 4.78 is 0. The molecule has 21 heavy (non-hydrogen) atoms. The molecule has 0 amide bonds. The summed E-state index contributed by atoms with van der Waals surface area (Å²) in [5.74, 6) is 0.574. The van der Waals surface area contributed by atoms with E-state index in [0.29, 0.717) is 19.0 Å². The van der Waals surface area contributed by atoms with Crippen LogP contribution in [0.1, 0.15) is 18.9 Å². The highest BCUT2D eigenvalue weighted by Crippen LogP contribution is 2.22. The van der Waals surface area contributed by atoms with Crippen molar-refractivity contribution in [1.82, 2.24) is 15.0 Å². The van der Waals surface area contributed by atoms with Gasteiger partial charge >= 0.3 is 5.69 Å². The van der Waals surface area contributed by atoms with Crippen molar-refractivity contribution in [3.05, 3.63) is 46.4 Å². The van der Waals surface area contributed by atoms with Gasteiger partial charge in [0, 0.05) is 25.5 Å². The van der Waals surface area contributed by atoms with E-state index in [2.05, 4.69) is 25.6 Å². The van der Waals surface area contributed by atoms with Gasteiger partial charge in [-0.25, -0.2) is 4.98 Å². The minimum Gasteiger partial charge on any atom is -0.360 e. The lowest BCUT2D eigenvalue weighted by atomic mass is 10.3. The number of hydrogen-bond acceptors (Lipinski definition) is 7. The molecule has 8 nitrogen and oxygen atoms in total. The summed E-state index contributed by atoms with van der Waals surface area (Å²) in [6.45, 7) is 3.15. The van der Waals surface area contributed by atoms with Gasteiger partial charge in [0.15, 0.2) is 0 Å². The molecule has 2 aromatic rings. The Labute approximate surface area is 121 Å². The predicted molar refractivity (Wildman–Crippen MR) is 79.0 cm³/mol. The molecule has 2 N–H and O–H groups in total. The Kier molecular flexibility index (Phi) is 4.97. The third kappa shape index (κ3) is 4.10. The summed E-state index contributed by atoms with van der Waals surface area (Å²) in [7, 11) is 0. The minimum absolute atomic E-state index is 0.147. The maximum absolute atomic E-state index is 11.0. The topological polar surface area (TPSA) is 106 Å². The molecule has 0 aliphatic heterocycles. The van der Waals surface area contributed by atoms with E-state index in [9.17, 15) is 10.1 Å². The van der Waals surface area contributed by atoms with Crippen LogP contribution in [0.15, 0.2) is 30.7 Å². The van der Waals surface area contributed by atoms with E-state index < -0.39 is 4.92 Å². The van der Waals surface area contributed by atoms with Crippen LogP contribution >= 0.6 is 0 Å². The van der Waals surface area contributed by atoms with Gasteiger partial charge in [-0.15, -0.1) is 0 Å². The maximum atomic E-state index is 11.0. The first-order valence-corrected chi connectivity index (χ1v) is 6.58. The zero-order chi connectivity index (χ0) is 15.1. The van der Waals surface area contributed by atoms with Crippen molar-refractivity contribution in [1.29, 1.82) is 0 Å². The van der Waals surface area contributed by atoms with Gasteiger partial charge in [0.25, 0.3) is 0 Å². The molecule has 0 saturated heterocycles. The molecular formula is C13H16N6O2. The van der Waals surface area contributed by atoms with Crippen molar-refractivity contribution in [3.8, 4) is 0 Å². The van der Waals surface area contributed by atoms with E-state index in [1.165, 1.54) is 6.20 Å². The lowest BCUT2D eigenvalue weighted by Crippen LogP contribution is -2.09. The number of nitro groups is 1. The van der Waals surface area contributed by atoms with E-state index in [1.807, 2.05) is 19.1 Å². The zero-order valence-corrected chi connectivity index (χ0v) is 11.6. The maximum Gasteiger partial charge on any atom is 0.329 e. The van der Waals surface area contributed by atoms with Gasteiger partial charge in [0.1, 0.15) is 6.20 Å². The fourth-order valence-corrected chi connectivity index (χ4v) is 1.65. The Bertz CT molecular complexity index is 605. The first kappa shape index (κ1) is 14.6. The molecule has 8 heteroatoms. The van der Waals surface area contributed by atoms with E-state index in [4.69, 9.17) is 0 Å². The van der Waals surface area contributed by atoms with Crippen LogP contribution in [0.3, 0.4) is 0 Å². The molecule has 2 rings (SSSR count). The number of aromatic nitrogens is 3. The fourth-order valence-electron chi connectivity index (χ4n) is 1.65. The normalized spacial score (nSPS) is 10.1. The van der Waals surface area contributed by atoms with Crippen LogP contribution in [0.4, 0.5) is 17.5 Å². The molecule has 0 aliphatic rings. The van der Waals surface area contributed by atoms with Crippen LogP contribution < -0.4 is 10.6 Å². The molecule has 0 saturated carbocycles. The van der Waals surface area contributed by atoms with E-state index in [-0.39, 0.29) is 11.5 Å². The Morgan fingerprint density at radius 2 is 2.05 bits per heavy atom. The molecule has 2 aromatic heterocycles. The molecule has 0 atom stereocenters. The number of nitrogens with one attached hydrogen (secondary N) is 2. The van der Waals surface area contributed by atoms with Gasteiger partial charge in [-0.2, -0.15) is 4.98 Å². The Balaban J connectivity index is 2.16. The second-order valence-corrected chi connectivity index (χ2v) is 4.32. The number of rotatable bonds is 7. The van der Waals surface area contributed by atoms with Crippen molar-refractivity contribution in [3.63, 3.8) is 0 Å². The van der Waals surface area contributed by atoms with E-state index >= 15 is 0 Å². The first-order valence-electron chi connectivity index (χ1n) is 6.58. The molecule has 0 aromatic carbocycles. The highest BCUT2D eigenvalue weighted by atomic mass is 16.6. The lowest BCUT2D eigenvalue weighted by molar-refractivity contribution is -0.384. The first-order chi connectivity index (χ1) is 10.2. The summed E-state index contributed by atoms with van der Waals surface area (Å²) in [5, 5.41) is 17.0. The van der Waals surface area contributed by atoms with Gasteiger partial charge in [0.05, 0.1) is 4.92 Å². The Morgan fingerprint density at radius 3 is 2.71 bits per heavy atom. The predicted octanol–water partition coefficient (Wildman–Crippen LogP) is 2.21. The molecule has 0 aliphatic carbocycles. The molecule has 0 radical (unpaired) electrons. The number of pyridine rings is 1. The highest BCUT2D eigenvalue weighted by molar-refractivity contribution is 5.57. The largest absolute Gasteiger partial charge is 0.360 e. The van der Waals surface area contributed by atoms with Gasteiger partial charge in [0.2, 0.25) is 11.8 Å². The monoisotopic (exact) mass is 288 g/mol. The second-order valence-electron chi connectivity index (χ2n) is 4.32. The Hall–Kier alpha value is -2.77. The number of hydrogen-bond donors (Lipinski definition) is 2. The SMILES string of the molecule is CCCNc1ncc([N+](=O)[O-])c(NCc2ccncc2)n1. The van der Waals surface area contributed by atoms with Crippen molar-refractivity contribution in [2.75, 3.05) is 17.2 Å². The minimum atomic E-state index is -0.502. The van der Waals surface area contributed by atoms with Gasteiger partial charge in [-0.3, -0.25) is 15.1 Å². The summed E-state index contributed by atoms with van der Waals surface area (Å²) >= 11 is 0. The van der Waals surface area contributed by atoms with Crippen LogP contribution in [0.5, 0.6) is 0 Å². The molecular weight excluding hydrogens is 272 g/mol. The van der Waals surface area contributed by atoms with Crippen LogP contribution in [0, 0.1) is 10.1 Å². The third-order valence-electron chi connectivity index (χ3n) is 2.71. The zero-order valence-electron chi connectivity index (χ0n) is 11.6. The summed E-state index contributed by atoms with van der Waals surface area (Å²) in [6, 6.07) is 3.66. The smallest absolute Gasteiger partial charge is 0.329 e. The molecule has 0 bridgehead atoms. The van der Waals surface area contributed by atoms with Crippen LogP contribution in [0.25, 0.3) is 0 Å². The van der Waals surface area contributed by atoms with Gasteiger partial charge in [-0.1, -0.05) is 6.92 Å². The van der Waals surface area contributed by atoms with Gasteiger partial charge in [-0.05, 0) is 24.1 Å². The molecule has 110 valence electrons. The van der Waals surface area contributed by atoms with Crippen LogP contribution in [0.2, 0.25) is 0 Å². The lowest BCUT2D eigenvalue weighted by Gasteiger charge is -2.08. The fraction of sp³-hybridized carbons (Fsp3) is 0.308. The third-order valence-corrected chi connectivity index (χ3v) is 2.71. The average Bonchev–Trinajstić information content (AvgIpc) is 2.51. The van der Waals surface area contributed by atoms with Crippen molar-refractivity contribution >= 4 is 17.5 Å². The van der Waals surface area contributed by atoms with Crippen molar-refractivity contribution < 1.29 is 4.92 Å². The van der Waals surface area contributed by atoms with E-state index in [0.717, 1.165) is 12.0 Å². The quantitative estimate of drug-likeness (QED) is 0.594. The van der Waals surface area contributed by atoms with Crippen LogP contribution in [-0.4, -0.2) is 26.4 Å². The molecule has 0 spiro atoms. The standard InChI is InChI=1S/C13H16N6O2/c1-2-5-15-13-17-9-11(19(20)21)12(18-13)16-8-10-3-6-14-7-4-10/h3-4,6-7,9H,2,5,8H2,1H3,(H2,15,16,17,18). The summed E-state index contributed by atoms with van der Waals surface area (Å²) in [5.41, 5.74) is 0.812. The molecule has 0 unspecified atom stereocenters. The van der Waals surface area contributed by atoms with E-state index in [1.54, 1.807) is 12.4 Å². The summed E-state index contributed by atoms with van der Waals surface area (Å²) in [4.78, 5) is 22.5. The highest BCUT2D eigenvalue weighted by Gasteiger charge is 2.16. The Morgan fingerprint density at radius 1 is 1.29 bits per heavy atom. The summed E-state index contributed by atoms with van der Waals surface area (Å²) in [6.07, 6.45) is 5.46. The molecule has 0 fully saturated rings. The second kappa shape index (κ2) is 7.13. The van der Waals surface area contributed by atoms with Crippen molar-refractivity contribution in [2.24, 2.45) is 0 Å².